The minimum absolute atomic E-state index is 0.0543. The van der Waals surface area contributed by atoms with Crippen molar-refractivity contribution in [1.82, 2.24) is 20.0 Å². The van der Waals surface area contributed by atoms with Crippen LogP contribution in [0.2, 0.25) is 0 Å². The molecular formula is C21H28N4O3. The SMILES string of the molecule is Cc1ccc(-c2cc(C(=O)N3CCCC(CCC(=O)N4CCCC4)C3)n[nH]2)o1. The quantitative estimate of drug-likeness (QED) is 0.858. The van der Waals surface area contributed by atoms with E-state index in [2.05, 4.69) is 10.2 Å². The Morgan fingerprint density at radius 3 is 2.71 bits per heavy atom. The summed E-state index contributed by atoms with van der Waals surface area (Å²) in [4.78, 5) is 29.0. The normalized spacial score (nSPS) is 20.0. The molecular weight excluding hydrogens is 356 g/mol. The molecule has 0 bridgehead atoms. The zero-order valence-corrected chi connectivity index (χ0v) is 16.4. The summed E-state index contributed by atoms with van der Waals surface area (Å²) in [6.45, 7) is 5.15. The molecule has 2 fully saturated rings. The Kier molecular flexibility index (Phi) is 5.50. The Morgan fingerprint density at radius 2 is 1.96 bits per heavy atom. The number of amides is 2. The minimum atomic E-state index is -0.0543. The van der Waals surface area contributed by atoms with E-state index in [1.807, 2.05) is 28.9 Å². The van der Waals surface area contributed by atoms with Gasteiger partial charge < -0.3 is 14.2 Å². The van der Waals surface area contributed by atoms with E-state index in [-0.39, 0.29) is 11.8 Å². The largest absolute Gasteiger partial charge is 0.460 e. The third-order valence-electron chi connectivity index (χ3n) is 5.83. The van der Waals surface area contributed by atoms with Crippen molar-refractivity contribution in [2.75, 3.05) is 26.2 Å². The van der Waals surface area contributed by atoms with Crippen LogP contribution in [0.3, 0.4) is 0 Å². The van der Waals surface area contributed by atoms with E-state index < -0.39 is 0 Å². The van der Waals surface area contributed by atoms with E-state index in [0.29, 0.717) is 36.0 Å². The second-order valence-corrected chi connectivity index (χ2v) is 7.96. The van der Waals surface area contributed by atoms with Crippen LogP contribution >= 0.6 is 0 Å². The second-order valence-electron chi connectivity index (χ2n) is 7.96. The summed E-state index contributed by atoms with van der Waals surface area (Å²) in [6.07, 6.45) is 5.76. The molecule has 0 aromatic carbocycles. The third kappa shape index (κ3) is 4.13. The number of nitrogens with zero attached hydrogens (tertiary/aromatic N) is 3. The number of furan rings is 1. The lowest BCUT2D eigenvalue weighted by molar-refractivity contribution is -0.130. The highest BCUT2D eigenvalue weighted by Crippen LogP contribution is 2.25. The first kappa shape index (κ1) is 18.8. The smallest absolute Gasteiger partial charge is 0.274 e. The number of H-pyrrole nitrogens is 1. The lowest BCUT2D eigenvalue weighted by atomic mass is 9.93. The fourth-order valence-corrected chi connectivity index (χ4v) is 4.24. The molecule has 2 aliphatic rings. The van der Waals surface area contributed by atoms with Crippen LogP contribution in [0.15, 0.2) is 22.6 Å². The summed E-state index contributed by atoms with van der Waals surface area (Å²) < 4.78 is 5.59. The molecule has 2 aromatic heterocycles. The molecule has 0 spiro atoms. The van der Waals surface area contributed by atoms with Gasteiger partial charge in [-0.25, -0.2) is 0 Å². The lowest BCUT2D eigenvalue weighted by Gasteiger charge is -2.32. The molecule has 2 amide bonds. The standard InChI is InChI=1S/C21H28N4O3/c1-15-6-8-19(28-15)17-13-18(23-22-17)21(27)25-12-4-5-16(14-25)7-9-20(26)24-10-2-3-11-24/h6,8,13,16H,2-5,7,9-12,14H2,1H3,(H,22,23). The van der Waals surface area contributed by atoms with Gasteiger partial charge in [0.05, 0.1) is 0 Å². The number of likely N-dealkylation sites (tertiary alicyclic amines) is 2. The molecule has 4 heterocycles. The van der Waals surface area contributed by atoms with Gasteiger partial charge >= 0.3 is 0 Å². The number of aromatic nitrogens is 2. The van der Waals surface area contributed by atoms with Crippen LogP contribution in [0, 0.1) is 12.8 Å². The van der Waals surface area contributed by atoms with Gasteiger partial charge in [0.2, 0.25) is 5.91 Å². The molecule has 0 saturated carbocycles. The predicted molar refractivity (Wildman–Crippen MR) is 105 cm³/mol. The predicted octanol–water partition coefficient (Wildman–Crippen LogP) is 3.23. The van der Waals surface area contributed by atoms with E-state index >= 15 is 0 Å². The maximum atomic E-state index is 12.9. The second kappa shape index (κ2) is 8.20. The maximum Gasteiger partial charge on any atom is 0.274 e. The van der Waals surface area contributed by atoms with E-state index in [1.54, 1.807) is 6.07 Å². The van der Waals surface area contributed by atoms with Crippen LogP contribution < -0.4 is 0 Å². The van der Waals surface area contributed by atoms with Gasteiger partial charge in [-0.05, 0) is 57.1 Å². The number of aromatic amines is 1. The Hall–Kier alpha value is -2.57. The molecule has 150 valence electrons. The minimum Gasteiger partial charge on any atom is -0.460 e. The zero-order valence-electron chi connectivity index (χ0n) is 16.4. The number of hydrogen-bond donors (Lipinski definition) is 1. The Morgan fingerprint density at radius 1 is 1.18 bits per heavy atom. The fraction of sp³-hybridized carbons (Fsp3) is 0.571. The molecule has 7 nitrogen and oxygen atoms in total. The van der Waals surface area contributed by atoms with Gasteiger partial charge in [0.25, 0.3) is 5.91 Å². The van der Waals surface area contributed by atoms with Gasteiger partial charge in [0, 0.05) is 38.7 Å². The van der Waals surface area contributed by atoms with Crippen molar-refractivity contribution in [3.8, 4) is 11.5 Å². The van der Waals surface area contributed by atoms with Crippen LogP contribution in [0.4, 0.5) is 0 Å². The maximum absolute atomic E-state index is 12.9. The van der Waals surface area contributed by atoms with Crippen molar-refractivity contribution in [2.45, 2.75) is 45.4 Å². The first-order valence-electron chi connectivity index (χ1n) is 10.3. The van der Waals surface area contributed by atoms with Gasteiger partial charge in [-0.3, -0.25) is 14.7 Å². The van der Waals surface area contributed by atoms with Crippen LogP contribution in [-0.4, -0.2) is 58.0 Å². The Bertz CT molecular complexity index is 834. The van der Waals surface area contributed by atoms with E-state index in [4.69, 9.17) is 4.42 Å². The van der Waals surface area contributed by atoms with E-state index in [1.165, 1.54) is 0 Å². The Labute approximate surface area is 165 Å². The van der Waals surface area contributed by atoms with Crippen LogP contribution in [0.1, 0.15) is 54.8 Å². The molecule has 1 N–H and O–H groups in total. The monoisotopic (exact) mass is 384 g/mol. The van der Waals surface area contributed by atoms with Crippen molar-refractivity contribution < 1.29 is 14.0 Å². The summed E-state index contributed by atoms with van der Waals surface area (Å²) >= 11 is 0. The summed E-state index contributed by atoms with van der Waals surface area (Å²) in [6, 6.07) is 5.50. The number of nitrogens with one attached hydrogen (secondary N) is 1. The molecule has 0 aliphatic carbocycles. The molecule has 2 aromatic rings. The first-order valence-corrected chi connectivity index (χ1v) is 10.3. The molecule has 2 saturated heterocycles. The van der Waals surface area contributed by atoms with Crippen LogP contribution in [0.5, 0.6) is 0 Å². The van der Waals surface area contributed by atoms with Gasteiger partial charge in [-0.2, -0.15) is 5.10 Å². The van der Waals surface area contributed by atoms with Crippen molar-refractivity contribution >= 4 is 11.8 Å². The van der Waals surface area contributed by atoms with Crippen molar-refractivity contribution in [3.63, 3.8) is 0 Å². The molecule has 7 heteroatoms. The average Bonchev–Trinajstić information content (AvgIpc) is 3.46. The van der Waals surface area contributed by atoms with Gasteiger partial charge in [0.1, 0.15) is 11.5 Å². The number of aryl methyl sites for hydroxylation is 1. The van der Waals surface area contributed by atoms with Crippen molar-refractivity contribution in [1.29, 1.82) is 0 Å². The molecule has 2 aliphatic heterocycles. The summed E-state index contributed by atoms with van der Waals surface area (Å²) in [5.74, 6) is 2.10. The van der Waals surface area contributed by atoms with E-state index in [0.717, 1.165) is 57.5 Å². The van der Waals surface area contributed by atoms with Crippen molar-refractivity contribution in [3.05, 3.63) is 29.7 Å². The highest BCUT2D eigenvalue weighted by atomic mass is 16.3. The van der Waals surface area contributed by atoms with Crippen LogP contribution in [-0.2, 0) is 4.79 Å². The molecule has 1 atom stereocenters. The summed E-state index contributed by atoms with van der Waals surface area (Å²) in [7, 11) is 0. The lowest BCUT2D eigenvalue weighted by Crippen LogP contribution is -2.40. The highest BCUT2D eigenvalue weighted by Gasteiger charge is 2.27. The molecule has 0 radical (unpaired) electrons. The zero-order chi connectivity index (χ0) is 19.5. The number of hydrogen-bond acceptors (Lipinski definition) is 4. The van der Waals surface area contributed by atoms with Gasteiger partial charge in [-0.15, -0.1) is 0 Å². The molecule has 4 rings (SSSR count). The first-order chi connectivity index (χ1) is 13.6. The van der Waals surface area contributed by atoms with Gasteiger partial charge in [0.15, 0.2) is 11.5 Å². The van der Waals surface area contributed by atoms with Crippen molar-refractivity contribution in [2.24, 2.45) is 5.92 Å². The third-order valence-corrected chi connectivity index (χ3v) is 5.83. The fourth-order valence-electron chi connectivity index (χ4n) is 4.24. The van der Waals surface area contributed by atoms with Gasteiger partial charge in [-0.1, -0.05) is 0 Å². The number of piperidine rings is 1. The Balaban J connectivity index is 1.33. The molecule has 1 unspecified atom stereocenters. The molecule has 28 heavy (non-hydrogen) atoms. The van der Waals surface area contributed by atoms with Crippen LogP contribution in [0.25, 0.3) is 11.5 Å². The number of carbonyl (C=O) groups is 2. The number of rotatable bonds is 5. The highest BCUT2D eigenvalue weighted by molar-refractivity contribution is 5.93. The number of carbonyl (C=O) groups excluding carboxylic acids is 2. The summed E-state index contributed by atoms with van der Waals surface area (Å²) in [5.41, 5.74) is 1.12. The average molecular weight is 384 g/mol. The summed E-state index contributed by atoms with van der Waals surface area (Å²) in [5, 5.41) is 7.09. The topological polar surface area (TPSA) is 82.4 Å². The van der Waals surface area contributed by atoms with E-state index in [9.17, 15) is 9.59 Å².